The lowest BCUT2D eigenvalue weighted by molar-refractivity contribution is -0.0257. The molecule has 0 saturated heterocycles. The molecule has 0 radical (unpaired) electrons. The summed E-state index contributed by atoms with van der Waals surface area (Å²) in [6, 6.07) is 2.13. The van der Waals surface area contributed by atoms with Crippen LogP contribution in [0.25, 0.3) is 0 Å². The molecule has 1 atom stereocenters. The number of hydrogen-bond acceptors (Lipinski definition) is 8. The fraction of sp³-hybridized carbons (Fsp3) is 0.812. The van der Waals surface area contributed by atoms with Crippen molar-refractivity contribution in [3.05, 3.63) is 30.1 Å². The van der Waals surface area contributed by atoms with Gasteiger partial charge in [-0.1, -0.05) is 103 Å². The molecule has 7 nitrogen and oxygen atoms in total. The van der Waals surface area contributed by atoms with Gasteiger partial charge in [-0.15, -0.1) is 24.2 Å². The van der Waals surface area contributed by atoms with Crippen LogP contribution in [0.2, 0.25) is 0 Å². The third kappa shape index (κ3) is 23.1. The molecule has 1 aliphatic rings. The molecule has 1 aliphatic heterocycles. The molecule has 1 aromatic rings. The third-order valence-electron chi connectivity index (χ3n) is 7.07. The van der Waals surface area contributed by atoms with E-state index in [1.165, 1.54) is 96.3 Å². The first-order chi connectivity index (χ1) is 19.9. The van der Waals surface area contributed by atoms with E-state index in [1.807, 2.05) is 0 Å². The van der Waals surface area contributed by atoms with E-state index in [9.17, 15) is 0 Å². The Kier molecular flexibility index (Phi) is 26.9. The lowest BCUT2D eigenvalue weighted by Gasteiger charge is -2.18. The van der Waals surface area contributed by atoms with Crippen LogP contribution in [0.4, 0.5) is 0 Å². The molecule has 1 unspecified atom stereocenters. The molecule has 1 aromatic heterocycles. The molecule has 0 saturated carbocycles. The van der Waals surface area contributed by atoms with Gasteiger partial charge in [0.05, 0.1) is 38.9 Å². The van der Waals surface area contributed by atoms with E-state index in [4.69, 9.17) is 18.9 Å². The summed E-state index contributed by atoms with van der Waals surface area (Å²) in [6.07, 6.45) is 27.2. The lowest BCUT2D eigenvalue weighted by Crippen LogP contribution is -2.30. The SMILES string of the molecule is CCCCCCCCCCCCCCCCCCOCC(COCCOCCN1C=CSC1)Oc1ncccn1.Cl. The molecular weight excluding hydrogens is 558 g/mol. The summed E-state index contributed by atoms with van der Waals surface area (Å²) in [5.41, 5.74) is 0. The fourth-order valence-corrected chi connectivity index (χ4v) is 5.40. The van der Waals surface area contributed by atoms with E-state index in [0.29, 0.717) is 39.0 Å². The first-order valence-electron chi connectivity index (χ1n) is 16.1. The predicted octanol–water partition coefficient (Wildman–Crippen LogP) is 8.43. The number of rotatable bonds is 29. The van der Waals surface area contributed by atoms with Crippen molar-refractivity contribution in [2.24, 2.45) is 0 Å². The highest BCUT2D eigenvalue weighted by atomic mass is 35.5. The molecule has 2 rings (SSSR count). The van der Waals surface area contributed by atoms with Crippen LogP contribution >= 0.6 is 24.2 Å². The second kappa shape index (κ2) is 29.0. The van der Waals surface area contributed by atoms with Gasteiger partial charge >= 0.3 is 6.01 Å². The van der Waals surface area contributed by atoms with Crippen LogP contribution in [0.3, 0.4) is 0 Å². The van der Waals surface area contributed by atoms with Crippen molar-refractivity contribution in [1.82, 2.24) is 14.9 Å². The quantitative estimate of drug-likeness (QED) is 0.0832. The van der Waals surface area contributed by atoms with Crippen LogP contribution in [0, 0.1) is 0 Å². The second-order valence-corrected chi connectivity index (χ2v) is 11.6. The zero-order valence-electron chi connectivity index (χ0n) is 25.7. The minimum Gasteiger partial charge on any atom is -0.455 e. The van der Waals surface area contributed by atoms with Crippen molar-refractivity contribution in [2.45, 2.75) is 116 Å². The average molecular weight is 616 g/mol. The van der Waals surface area contributed by atoms with Gasteiger partial charge in [-0.2, -0.15) is 0 Å². The lowest BCUT2D eigenvalue weighted by atomic mass is 10.0. The molecule has 2 heterocycles. The van der Waals surface area contributed by atoms with Crippen molar-refractivity contribution in [3.8, 4) is 6.01 Å². The highest BCUT2D eigenvalue weighted by Gasteiger charge is 2.13. The summed E-state index contributed by atoms with van der Waals surface area (Å²) in [4.78, 5) is 10.6. The zero-order chi connectivity index (χ0) is 28.2. The summed E-state index contributed by atoms with van der Waals surface area (Å²) < 4.78 is 23.3. The van der Waals surface area contributed by atoms with Crippen LogP contribution in [0.1, 0.15) is 110 Å². The van der Waals surface area contributed by atoms with Gasteiger partial charge in [0.25, 0.3) is 0 Å². The fourth-order valence-electron chi connectivity index (χ4n) is 4.64. The Morgan fingerprint density at radius 2 is 1.24 bits per heavy atom. The van der Waals surface area contributed by atoms with Gasteiger partial charge in [0.2, 0.25) is 0 Å². The second-order valence-electron chi connectivity index (χ2n) is 10.7. The van der Waals surface area contributed by atoms with Crippen LogP contribution in [-0.2, 0) is 14.2 Å². The number of ether oxygens (including phenoxy) is 4. The van der Waals surface area contributed by atoms with Gasteiger partial charge in [-0.05, 0) is 17.9 Å². The molecule has 41 heavy (non-hydrogen) atoms. The topological polar surface area (TPSA) is 65.9 Å². The van der Waals surface area contributed by atoms with Gasteiger partial charge in [0.15, 0.2) is 0 Å². The van der Waals surface area contributed by atoms with E-state index in [2.05, 4.69) is 33.4 Å². The Hall–Kier alpha value is -1.06. The smallest absolute Gasteiger partial charge is 0.316 e. The zero-order valence-corrected chi connectivity index (χ0v) is 27.4. The standard InChI is InChI=1S/C32H57N3O4S.ClH/c1-2-3-4-5-6-7-8-9-10-11-12-13-14-15-16-17-23-37-28-31(39-32-33-19-18-20-34-32)29-38-26-25-36-24-21-35-22-27-40-30-35;/h18-20,22,27,31H,2-17,21,23-26,28-30H2,1H3;1H. The van der Waals surface area contributed by atoms with Crippen molar-refractivity contribution < 1.29 is 18.9 Å². The maximum absolute atomic E-state index is 5.93. The van der Waals surface area contributed by atoms with Crippen LogP contribution in [0.15, 0.2) is 30.1 Å². The molecule has 0 amide bonds. The van der Waals surface area contributed by atoms with E-state index >= 15 is 0 Å². The van der Waals surface area contributed by atoms with Crippen molar-refractivity contribution in [3.63, 3.8) is 0 Å². The van der Waals surface area contributed by atoms with E-state index in [1.54, 1.807) is 30.2 Å². The maximum atomic E-state index is 5.93. The highest BCUT2D eigenvalue weighted by Crippen LogP contribution is 2.15. The Bertz CT molecular complexity index is 705. The molecule has 0 aromatic carbocycles. The van der Waals surface area contributed by atoms with Gasteiger partial charge in [0, 0.05) is 31.7 Å². The van der Waals surface area contributed by atoms with E-state index < -0.39 is 0 Å². The molecule has 0 aliphatic carbocycles. The molecule has 0 bridgehead atoms. The summed E-state index contributed by atoms with van der Waals surface area (Å²) in [7, 11) is 0. The molecular formula is C32H58ClN3O4S. The molecule has 0 fully saturated rings. The van der Waals surface area contributed by atoms with Gasteiger partial charge in [0.1, 0.15) is 6.10 Å². The Morgan fingerprint density at radius 1 is 0.707 bits per heavy atom. The predicted molar refractivity (Wildman–Crippen MR) is 174 cm³/mol. The summed E-state index contributed by atoms with van der Waals surface area (Å²) in [6.45, 7) is 6.64. The third-order valence-corrected chi connectivity index (χ3v) is 7.86. The number of halogens is 1. The summed E-state index contributed by atoms with van der Waals surface area (Å²) >= 11 is 1.81. The van der Waals surface area contributed by atoms with Gasteiger partial charge < -0.3 is 23.8 Å². The minimum atomic E-state index is -0.241. The van der Waals surface area contributed by atoms with Crippen LogP contribution in [-0.4, -0.2) is 73.0 Å². The Morgan fingerprint density at radius 3 is 1.80 bits per heavy atom. The number of unbranched alkanes of at least 4 members (excludes halogenated alkanes) is 15. The monoisotopic (exact) mass is 615 g/mol. The normalized spacial score (nSPS) is 13.4. The number of nitrogens with zero attached hydrogens (tertiary/aromatic N) is 3. The van der Waals surface area contributed by atoms with Crippen molar-refractivity contribution >= 4 is 24.2 Å². The van der Waals surface area contributed by atoms with Gasteiger partial charge in [-0.3, -0.25) is 0 Å². The van der Waals surface area contributed by atoms with Crippen molar-refractivity contribution in [1.29, 1.82) is 0 Å². The number of aromatic nitrogens is 2. The summed E-state index contributed by atoms with van der Waals surface area (Å²) in [5.74, 6) is 1.01. The molecule has 0 N–H and O–H groups in total. The first kappa shape index (κ1) is 38.0. The summed E-state index contributed by atoms with van der Waals surface area (Å²) in [5, 5.41) is 2.11. The largest absolute Gasteiger partial charge is 0.455 e. The Balaban J connectivity index is 0.00000840. The van der Waals surface area contributed by atoms with Crippen LogP contribution in [0.5, 0.6) is 6.01 Å². The Labute approximate surface area is 261 Å². The first-order valence-corrected chi connectivity index (χ1v) is 17.1. The number of hydrogen-bond donors (Lipinski definition) is 0. The highest BCUT2D eigenvalue weighted by molar-refractivity contribution is 8.02. The van der Waals surface area contributed by atoms with Crippen molar-refractivity contribution in [2.75, 3.05) is 52.1 Å². The van der Waals surface area contributed by atoms with Gasteiger partial charge in [-0.25, -0.2) is 9.97 Å². The van der Waals surface area contributed by atoms with E-state index in [-0.39, 0.29) is 18.5 Å². The molecule has 238 valence electrons. The minimum absolute atomic E-state index is 0. The van der Waals surface area contributed by atoms with E-state index in [0.717, 1.165) is 25.4 Å². The molecule has 9 heteroatoms. The van der Waals surface area contributed by atoms with Crippen LogP contribution < -0.4 is 4.74 Å². The average Bonchev–Trinajstić information content (AvgIpc) is 3.50. The maximum Gasteiger partial charge on any atom is 0.316 e. The molecule has 0 spiro atoms. The number of thioether (sulfide) groups is 1.